The van der Waals surface area contributed by atoms with Gasteiger partial charge in [-0.3, -0.25) is 0 Å². The van der Waals surface area contributed by atoms with E-state index >= 15 is 0 Å². The average Bonchev–Trinajstić information content (AvgIpc) is 2.33. The van der Waals surface area contributed by atoms with Crippen molar-refractivity contribution in [2.24, 2.45) is 0 Å². The van der Waals surface area contributed by atoms with Crippen LogP contribution in [0.2, 0.25) is 0 Å². The Bertz CT molecular complexity index is 471. The minimum Gasteiger partial charge on any atom is -0.378 e. The summed E-state index contributed by atoms with van der Waals surface area (Å²) >= 11 is 0. The number of halogens is 1. The second-order valence-corrected chi connectivity index (χ2v) is 4.36. The van der Waals surface area contributed by atoms with E-state index in [1.807, 2.05) is 26.2 Å². The molecule has 2 aromatic carbocycles. The van der Waals surface area contributed by atoms with Crippen molar-refractivity contribution >= 4 is 5.69 Å². The first-order valence-electron chi connectivity index (χ1n) is 5.66. The lowest BCUT2D eigenvalue weighted by atomic mass is 10.0. The molecule has 0 aliphatic heterocycles. The number of hydrogen-bond acceptors (Lipinski definition) is 1. The third-order valence-corrected chi connectivity index (χ3v) is 2.77. The van der Waals surface area contributed by atoms with Crippen LogP contribution in [-0.2, 0) is 6.42 Å². The zero-order chi connectivity index (χ0) is 12.3. The molecule has 2 heteroatoms. The highest BCUT2D eigenvalue weighted by atomic mass is 19.1. The molecule has 0 atom stereocenters. The minimum absolute atomic E-state index is 0.184. The van der Waals surface area contributed by atoms with E-state index in [0.717, 1.165) is 12.0 Å². The molecular weight excluding hydrogens is 213 g/mol. The number of benzene rings is 2. The molecule has 0 aliphatic rings. The van der Waals surface area contributed by atoms with E-state index < -0.39 is 0 Å². The van der Waals surface area contributed by atoms with Gasteiger partial charge in [-0.1, -0.05) is 24.3 Å². The van der Waals surface area contributed by atoms with Crippen molar-refractivity contribution in [3.8, 4) is 0 Å². The molecular formula is C15H16FN. The molecule has 0 spiro atoms. The maximum Gasteiger partial charge on any atom is 0.123 e. The Labute approximate surface area is 102 Å². The first kappa shape index (κ1) is 11.6. The van der Waals surface area contributed by atoms with Crippen LogP contribution in [-0.4, -0.2) is 14.1 Å². The summed E-state index contributed by atoms with van der Waals surface area (Å²) in [6.45, 7) is 0. The third-order valence-electron chi connectivity index (χ3n) is 2.77. The van der Waals surface area contributed by atoms with Crippen molar-refractivity contribution in [2.45, 2.75) is 6.42 Å². The summed E-state index contributed by atoms with van der Waals surface area (Å²) in [6, 6.07) is 15.1. The Morgan fingerprint density at radius 3 is 1.76 bits per heavy atom. The second-order valence-electron chi connectivity index (χ2n) is 4.36. The van der Waals surface area contributed by atoms with Gasteiger partial charge in [0.2, 0.25) is 0 Å². The van der Waals surface area contributed by atoms with Crippen LogP contribution in [0.1, 0.15) is 11.1 Å². The molecule has 0 saturated heterocycles. The van der Waals surface area contributed by atoms with Crippen LogP contribution < -0.4 is 4.90 Å². The van der Waals surface area contributed by atoms with Crippen molar-refractivity contribution in [1.82, 2.24) is 0 Å². The summed E-state index contributed by atoms with van der Waals surface area (Å²) in [5.41, 5.74) is 3.55. The normalized spacial score (nSPS) is 10.3. The quantitative estimate of drug-likeness (QED) is 0.778. The van der Waals surface area contributed by atoms with Crippen LogP contribution in [0.3, 0.4) is 0 Å². The number of rotatable bonds is 3. The third kappa shape index (κ3) is 3.06. The molecule has 0 saturated carbocycles. The first-order valence-corrected chi connectivity index (χ1v) is 5.66. The van der Waals surface area contributed by atoms with Gasteiger partial charge < -0.3 is 4.90 Å². The topological polar surface area (TPSA) is 3.24 Å². The van der Waals surface area contributed by atoms with Gasteiger partial charge >= 0.3 is 0 Å². The molecule has 2 rings (SSSR count). The molecule has 0 unspecified atom stereocenters. The summed E-state index contributed by atoms with van der Waals surface area (Å²) in [5.74, 6) is -0.184. The predicted molar refractivity (Wildman–Crippen MR) is 70.0 cm³/mol. The van der Waals surface area contributed by atoms with Gasteiger partial charge in [0.15, 0.2) is 0 Å². The molecule has 0 radical (unpaired) electrons. The maximum absolute atomic E-state index is 12.8. The molecule has 1 nitrogen and oxygen atoms in total. The Hall–Kier alpha value is -1.83. The highest BCUT2D eigenvalue weighted by Gasteiger charge is 1.98. The number of hydrogen-bond donors (Lipinski definition) is 0. The van der Waals surface area contributed by atoms with Gasteiger partial charge in [-0.25, -0.2) is 4.39 Å². The summed E-state index contributed by atoms with van der Waals surface area (Å²) in [4.78, 5) is 2.07. The lowest BCUT2D eigenvalue weighted by Gasteiger charge is -2.12. The lowest BCUT2D eigenvalue weighted by molar-refractivity contribution is 0.627. The SMILES string of the molecule is CN(C)c1ccc(Cc2ccc(F)cc2)cc1. The zero-order valence-electron chi connectivity index (χ0n) is 10.2. The summed E-state index contributed by atoms with van der Waals surface area (Å²) in [6.07, 6.45) is 0.841. The standard InChI is InChI=1S/C15H16FN/c1-17(2)15-9-5-13(6-10-15)11-12-3-7-14(16)8-4-12/h3-10H,11H2,1-2H3. The highest BCUT2D eigenvalue weighted by Crippen LogP contribution is 2.15. The van der Waals surface area contributed by atoms with E-state index in [1.54, 1.807) is 0 Å². The Kier molecular flexibility index (Phi) is 3.43. The predicted octanol–water partition coefficient (Wildman–Crippen LogP) is 3.48. The van der Waals surface area contributed by atoms with Gasteiger partial charge in [0.1, 0.15) is 5.82 Å². The van der Waals surface area contributed by atoms with Crippen LogP contribution in [0.25, 0.3) is 0 Å². The second kappa shape index (κ2) is 5.00. The largest absolute Gasteiger partial charge is 0.378 e. The average molecular weight is 229 g/mol. The monoisotopic (exact) mass is 229 g/mol. The van der Waals surface area contributed by atoms with Crippen molar-refractivity contribution in [2.75, 3.05) is 19.0 Å². The van der Waals surface area contributed by atoms with E-state index in [-0.39, 0.29) is 5.82 Å². The van der Waals surface area contributed by atoms with Crippen LogP contribution in [0.4, 0.5) is 10.1 Å². The van der Waals surface area contributed by atoms with Gasteiger partial charge in [0, 0.05) is 19.8 Å². The summed E-state index contributed by atoms with van der Waals surface area (Å²) in [5, 5.41) is 0. The number of nitrogens with zero attached hydrogens (tertiary/aromatic N) is 1. The molecule has 0 fully saturated rings. The van der Waals surface area contributed by atoms with Crippen molar-refractivity contribution in [3.63, 3.8) is 0 Å². The Morgan fingerprint density at radius 1 is 0.824 bits per heavy atom. The van der Waals surface area contributed by atoms with E-state index in [9.17, 15) is 4.39 Å². The molecule has 0 heterocycles. The van der Waals surface area contributed by atoms with Gasteiger partial charge in [-0.15, -0.1) is 0 Å². The molecule has 0 amide bonds. The van der Waals surface area contributed by atoms with Crippen LogP contribution in [0.5, 0.6) is 0 Å². The van der Waals surface area contributed by atoms with Crippen molar-refractivity contribution < 1.29 is 4.39 Å². The van der Waals surface area contributed by atoms with Crippen LogP contribution >= 0.6 is 0 Å². The van der Waals surface area contributed by atoms with E-state index in [4.69, 9.17) is 0 Å². The fraction of sp³-hybridized carbons (Fsp3) is 0.200. The van der Waals surface area contributed by atoms with Crippen LogP contribution in [0.15, 0.2) is 48.5 Å². The van der Waals surface area contributed by atoms with Gasteiger partial charge in [0.05, 0.1) is 0 Å². The van der Waals surface area contributed by atoms with E-state index in [0.29, 0.717) is 0 Å². The summed E-state index contributed by atoms with van der Waals surface area (Å²) < 4.78 is 12.8. The molecule has 0 bridgehead atoms. The van der Waals surface area contributed by atoms with Crippen molar-refractivity contribution in [1.29, 1.82) is 0 Å². The molecule has 88 valence electrons. The molecule has 0 aromatic heterocycles. The van der Waals surface area contributed by atoms with E-state index in [2.05, 4.69) is 29.2 Å². The van der Waals surface area contributed by atoms with Gasteiger partial charge in [-0.05, 0) is 41.8 Å². The fourth-order valence-corrected chi connectivity index (χ4v) is 1.75. The van der Waals surface area contributed by atoms with Crippen LogP contribution in [0, 0.1) is 5.82 Å². The molecule has 17 heavy (non-hydrogen) atoms. The highest BCUT2D eigenvalue weighted by molar-refractivity contribution is 5.46. The minimum atomic E-state index is -0.184. The Morgan fingerprint density at radius 2 is 1.29 bits per heavy atom. The number of anilines is 1. The summed E-state index contributed by atoms with van der Waals surface area (Å²) in [7, 11) is 4.05. The van der Waals surface area contributed by atoms with Gasteiger partial charge in [0.25, 0.3) is 0 Å². The van der Waals surface area contributed by atoms with Gasteiger partial charge in [-0.2, -0.15) is 0 Å². The zero-order valence-corrected chi connectivity index (χ0v) is 10.2. The molecule has 0 aliphatic carbocycles. The molecule has 2 aromatic rings. The smallest absolute Gasteiger partial charge is 0.123 e. The fourth-order valence-electron chi connectivity index (χ4n) is 1.75. The van der Waals surface area contributed by atoms with E-state index in [1.165, 1.54) is 23.4 Å². The molecule has 0 N–H and O–H groups in total. The maximum atomic E-state index is 12.8. The Balaban J connectivity index is 2.11. The first-order chi connectivity index (χ1) is 8.15. The lowest BCUT2D eigenvalue weighted by Crippen LogP contribution is -2.08. The van der Waals surface area contributed by atoms with Crippen molar-refractivity contribution in [3.05, 3.63) is 65.5 Å².